The molecule has 0 atom stereocenters. The normalized spacial score (nSPS) is 13.1. The van der Waals surface area contributed by atoms with Crippen molar-refractivity contribution in [1.82, 2.24) is 8.97 Å². The van der Waals surface area contributed by atoms with Crippen LogP contribution in [0.5, 0.6) is 0 Å². The number of hydrogen-bond acceptors (Lipinski definition) is 1. The molecular weight excluding hydrogens is 513 g/mol. The fourth-order valence-electron chi connectivity index (χ4n) is 5.15. The SMILES string of the molecule is O=C(Nc1ccccc1Cl)c1c(-c2ccccc2)c2c3n(c(-c4ccc(Cl)c(Cl)c4)cn13)CCCC2. The summed E-state index contributed by atoms with van der Waals surface area (Å²) < 4.78 is 4.34. The Morgan fingerprint density at radius 1 is 0.806 bits per heavy atom. The smallest absolute Gasteiger partial charge is 0.273 e. The van der Waals surface area contributed by atoms with Gasteiger partial charge in [0.05, 0.1) is 26.4 Å². The highest BCUT2D eigenvalue weighted by molar-refractivity contribution is 6.42. The van der Waals surface area contributed by atoms with Crippen molar-refractivity contribution in [3.8, 4) is 22.4 Å². The summed E-state index contributed by atoms with van der Waals surface area (Å²) in [5.41, 5.74) is 7.32. The predicted molar refractivity (Wildman–Crippen MR) is 149 cm³/mol. The summed E-state index contributed by atoms with van der Waals surface area (Å²) in [6.07, 6.45) is 5.01. The molecule has 0 unspecified atom stereocenters. The first-order valence-corrected chi connectivity index (χ1v) is 13.0. The third-order valence-corrected chi connectivity index (χ3v) is 7.82. The molecule has 7 heteroatoms. The van der Waals surface area contributed by atoms with Crippen molar-refractivity contribution >= 4 is 52.0 Å². The Hall–Kier alpha value is -3.18. The summed E-state index contributed by atoms with van der Waals surface area (Å²) in [6.45, 7) is 0.850. The van der Waals surface area contributed by atoms with Crippen molar-refractivity contribution in [2.24, 2.45) is 0 Å². The van der Waals surface area contributed by atoms with Gasteiger partial charge in [-0.3, -0.25) is 9.20 Å². The number of amides is 1. The number of benzene rings is 3. The van der Waals surface area contributed by atoms with E-state index in [4.69, 9.17) is 34.8 Å². The van der Waals surface area contributed by atoms with Crippen LogP contribution in [-0.2, 0) is 13.0 Å². The number of carbonyl (C=O) groups is 1. The Morgan fingerprint density at radius 3 is 2.36 bits per heavy atom. The van der Waals surface area contributed by atoms with E-state index < -0.39 is 0 Å². The standard InChI is InChI=1S/C29H22Cl3N3O/c30-21-14-13-19(16-23(21)32)25-17-35-27(28(36)33-24-12-5-4-11-22(24)31)26(18-8-2-1-3-9-18)20-10-6-7-15-34(25)29(20)35/h1-5,8-9,11-14,16-17H,6-7,10,15H2,(H,33,36). The van der Waals surface area contributed by atoms with Gasteiger partial charge in [0, 0.05) is 29.4 Å². The molecule has 0 saturated heterocycles. The Kier molecular flexibility index (Phi) is 6.04. The number of nitrogens with zero attached hydrogens (tertiary/aromatic N) is 2. The van der Waals surface area contributed by atoms with Crippen molar-refractivity contribution in [2.45, 2.75) is 25.8 Å². The van der Waals surface area contributed by atoms with Crippen LogP contribution in [0.3, 0.4) is 0 Å². The number of aromatic nitrogens is 2. The van der Waals surface area contributed by atoms with Crippen molar-refractivity contribution < 1.29 is 4.79 Å². The van der Waals surface area contributed by atoms with E-state index in [1.165, 1.54) is 5.56 Å². The molecule has 2 aromatic heterocycles. The molecule has 0 bridgehead atoms. The minimum Gasteiger partial charge on any atom is -0.325 e. The number of nitrogens with one attached hydrogen (secondary N) is 1. The number of carbonyl (C=O) groups excluding carboxylic acids is 1. The van der Waals surface area contributed by atoms with E-state index in [0.29, 0.717) is 26.4 Å². The molecule has 0 spiro atoms. The largest absolute Gasteiger partial charge is 0.325 e. The molecule has 6 rings (SSSR count). The molecule has 1 aliphatic heterocycles. The van der Waals surface area contributed by atoms with Crippen LogP contribution in [0.4, 0.5) is 5.69 Å². The minimum absolute atomic E-state index is 0.207. The third kappa shape index (κ3) is 3.90. The van der Waals surface area contributed by atoms with Crippen LogP contribution in [0.2, 0.25) is 15.1 Å². The molecule has 3 aromatic carbocycles. The maximum absolute atomic E-state index is 13.9. The number of hydrogen-bond donors (Lipinski definition) is 1. The molecule has 1 amide bonds. The highest BCUT2D eigenvalue weighted by atomic mass is 35.5. The second-order valence-electron chi connectivity index (χ2n) is 8.95. The summed E-state index contributed by atoms with van der Waals surface area (Å²) in [5, 5.41) is 4.56. The highest BCUT2D eigenvalue weighted by Gasteiger charge is 2.29. The van der Waals surface area contributed by atoms with Crippen LogP contribution in [0.25, 0.3) is 28.0 Å². The van der Waals surface area contributed by atoms with Crippen molar-refractivity contribution in [3.63, 3.8) is 0 Å². The summed E-state index contributed by atoms with van der Waals surface area (Å²) in [7, 11) is 0. The van der Waals surface area contributed by atoms with Gasteiger partial charge in [-0.15, -0.1) is 0 Å². The van der Waals surface area contributed by atoms with Crippen LogP contribution in [0.1, 0.15) is 28.9 Å². The lowest BCUT2D eigenvalue weighted by molar-refractivity contribution is 0.102. The summed E-state index contributed by atoms with van der Waals surface area (Å²) in [6, 6.07) is 23.1. The lowest BCUT2D eigenvalue weighted by Crippen LogP contribution is -2.15. The van der Waals surface area contributed by atoms with Gasteiger partial charge in [-0.25, -0.2) is 0 Å². The second-order valence-corrected chi connectivity index (χ2v) is 10.2. The van der Waals surface area contributed by atoms with Crippen LogP contribution in [-0.4, -0.2) is 14.9 Å². The molecule has 0 saturated carbocycles. The second kappa shape index (κ2) is 9.36. The first kappa shape index (κ1) is 23.2. The molecule has 1 aliphatic rings. The van der Waals surface area contributed by atoms with E-state index in [1.54, 1.807) is 6.07 Å². The van der Waals surface area contributed by atoms with E-state index in [0.717, 1.165) is 53.8 Å². The molecule has 0 aliphatic carbocycles. The van der Waals surface area contributed by atoms with Gasteiger partial charge in [-0.05, 0) is 49.1 Å². The molecule has 0 fully saturated rings. The molecule has 5 aromatic rings. The predicted octanol–water partition coefficient (Wildman–Crippen LogP) is 8.62. The summed E-state index contributed by atoms with van der Waals surface area (Å²) in [5.74, 6) is -0.207. The fraction of sp³-hybridized carbons (Fsp3) is 0.138. The van der Waals surface area contributed by atoms with Gasteiger partial charge in [0.25, 0.3) is 5.91 Å². The zero-order chi connectivity index (χ0) is 24.8. The highest BCUT2D eigenvalue weighted by Crippen LogP contribution is 2.40. The average molecular weight is 535 g/mol. The zero-order valence-electron chi connectivity index (χ0n) is 19.3. The molecular formula is C29H22Cl3N3O. The van der Waals surface area contributed by atoms with Gasteiger partial charge >= 0.3 is 0 Å². The van der Waals surface area contributed by atoms with Crippen LogP contribution < -0.4 is 5.32 Å². The Balaban J connectivity index is 1.62. The molecule has 3 heterocycles. The summed E-state index contributed by atoms with van der Waals surface area (Å²) in [4.78, 5) is 13.9. The molecule has 180 valence electrons. The van der Waals surface area contributed by atoms with E-state index in [2.05, 4.69) is 22.0 Å². The zero-order valence-corrected chi connectivity index (χ0v) is 21.5. The monoisotopic (exact) mass is 533 g/mol. The van der Waals surface area contributed by atoms with Gasteiger partial charge < -0.3 is 9.88 Å². The number of para-hydroxylation sites is 1. The van der Waals surface area contributed by atoms with Crippen LogP contribution in [0, 0.1) is 0 Å². The van der Waals surface area contributed by atoms with Crippen LogP contribution in [0.15, 0.2) is 79.0 Å². The van der Waals surface area contributed by atoms with E-state index in [9.17, 15) is 4.79 Å². The van der Waals surface area contributed by atoms with Gasteiger partial charge in [0.2, 0.25) is 0 Å². The molecule has 1 N–H and O–H groups in total. The Morgan fingerprint density at radius 2 is 1.58 bits per heavy atom. The molecule has 0 radical (unpaired) electrons. The van der Waals surface area contributed by atoms with Gasteiger partial charge in [0.1, 0.15) is 11.3 Å². The van der Waals surface area contributed by atoms with Gasteiger partial charge in [-0.2, -0.15) is 0 Å². The topological polar surface area (TPSA) is 38.4 Å². The molecule has 4 nitrogen and oxygen atoms in total. The van der Waals surface area contributed by atoms with Crippen molar-refractivity contribution in [3.05, 3.63) is 105 Å². The van der Waals surface area contributed by atoms with Crippen molar-refractivity contribution in [1.29, 1.82) is 0 Å². The number of anilines is 1. The average Bonchev–Trinajstić information content (AvgIpc) is 3.30. The van der Waals surface area contributed by atoms with E-state index in [1.807, 2.05) is 65.2 Å². The lowest BCUT2D eigenvalue weighted by atomic mass is 9.98. The number of aryl methyl sites for hydroxylation is 2. The fourth-order valence-corrected chi connectivity index (χ4v) is 5.64. The first-order chi connectivity index (χ1) is 17.5. The van der Waals surface area contributed by atoms with Crippen LogP contribution >= 0.6 is 34.8 Å². The first-order valence-electron chi connectivity index (χ1n) is 11.9. The minimum atomic E-state index is -0.207. The quantitative estimate of drug-likeness (QED) is 0.246. The third-order valence-electron chi connectivity index (χ3n) is 6.75. The molecule has 36 heavy (non-hydrogen) atoms. The van der Waals surface area contributed by atoms with Crippen molar-refractivity contribution in [2.75, 3.05) is 5.32 Å². The van der Waals surface area contributed by atoms with E-state index >= 15 is 0 Å². The van der Waals surface area contributed by atoms with Gasteiger partial charge in [-0.1, -0.05) is 83.3 Å². The maximum atomic E-state index is 13.9. The number of imidazole rings is 1. The Labute approximate surface area is 224 Å². The number of rotatable bonds is 4. The van der Waals surface area contributed by atoms with Gasteiger partial charge in [0.15, 0.2) is 0 Å². The summed E-state index contributed by atoms with van der Waals surface area (Å²) >= 11 is 19.0. The van der Waals surface area contributed by atoms with E-state index in [-0.39, 0.29) is 5.91 Å². The number of halogens is 3. The Bertz CT molecular complexity index is 1620. The maximum Gasteiger partial charge on any atom is 0.273 e. The lowest BCUT2D eigenvalue weighted by Gasteiger charge is -2.11.